The summed E-state index contributed by atoms with van der Waals surface area (Å²) in [6, 6.07) is 6.52. The van der Waals surface area contributed by atoms with E-state index in [2.05, 4.69) is 32.5 Å². The lowest BCUT2D eigenvalue weighted by molar-refractivity contribution is 0.0986. The minimum absolute atomic E-state index is 0. The molecule has 0 saturated carbocycles. The minimum Gasteiger partial charge on any atom is -0.316 e. The zero-order valence-corrected chi connectivity index (χ0v) is 15.5. The Morgan fingerprint density at radius 3 is 2.87 bits per heavy atom. The second-order valence-electron chi connectivity index (χ2n) is 6.48. The van der Waals surface area contributed by atoms with Crippen LogP contribution in [-0.4, -0.2) is 41.3 Å². The molecule has 1 spiro atoms. The lowest BCUT2D eigenvalue weighted by atomic mass is 9.79. The van der Waals surface area contributed by atoms with Crippen LogP contribution < -0.4 is 5.32 Å². The number of thiophene rings is 1. The van der Waals surface area contributed by atoms with Crippen LogP contribution in [0.3, 0.4) is 0 Å². The maximum Gasteiger partial charge on any atom is 0.0749 e. The van der Waals surface area contributed by atoms with Crippen molar-refractivity contribution in [3.8, 4) is 10.6 Å². The summed E-state index contributed by atoms with van der Waals surface area (Å²) < 4.78 is 0. The van der Waals surface area contributed by atoms with Crippen LogP contribution in [0.5, 0.6) is 0 Å². The predicted octanol–water partition coefficient (Wildman–Crippen LogP) is 3.56. The first-order chi connectivity index (χ1) is 10.3. The Kier molecular flexibility index (Phi) is 6.51. The van der Waals surface area contributed by atoms with Crippen molar-refractivity contribution in [1.82, 2.24) is 20.4 Å². The molecule has 2 fully saturated rings. The Hall–Kier alpha value is -0.590. The topological polar surface area (TPSA) is 44.0 Å². The highest BCUT2D eigenvalue weighted by atomic mass is 35.5. The second kappa shape index (κ2) is 7.99. The Bertz CT molecular complexity index is 593. The lowest BCUT2D eigenvalue weighted by Crippen LogP contribution is -2.43. The number of likely N-dealkylation sites (tertiary alicyclic amines) is 1. The van der Waals surface area contributed by atoms with E-state index in [1.165, 1.54) is 55.2 Å². The van der Waals surface area contributed by atoms with Crippen molar-refractivity contribution in [3.63, 3.8) is 0 Å². The average Bonchev–Trinajstić information content (AvgIpc) is 3.20. The van der Waals surface area contributed by atoms with Crippen LogP contribution in [0.1, 0.15) is 24.1 Å². The molecule has 0 amide bonds. The zero-order chi connectivity index (χ0) is 14.1. The van der Waals surface area contributed by atoms with Crippen molar-refractivity contribution in [2.75, 3.05) is 26.2 Å². The van der Waals surface area contributed by atoms with Gasteiger partial charge in [0.25, 0.3) is 0 Å². The Morgan fingerprint density at radius 2 is 2.13 bits per heavy atom. The molecule has 0 aromatic carbocycles. The summed E-state index contributed by atoms with van der Waals surface area (Å²) in [5.41, 5.74) is 1.68. The molecule has 2 saturated heterocycles. The number of nitrogens with one attached hydrogen (secondary N) is 2. The maximum atomic E-state index is 4.04. The summed E-state index contributed by atoms with van der Waals surface area (Å²) in [5.74, 6) is 0. The fraction of sp³-hybridized carbons (Fsp3) is 0.562. The number of aromatic nitrogens is 2. The quantitative estimate of drug-likeness (QED) is 0.862. The number of nitrogens with zero attached hydrogens (tertiary/aromatic N) is 2. The highest BCUT2D eigenvalue weighted by Gasteiger charge is 2.37. The summed E-state index contributed by atoms with van der Waals surface area (Å²) in [6.07, 6.45) is 5.92. The van der Waals surface area contributed by atoms with Crippen molar-refractivity contribution in [3.05, 3.63) is 29.3 Å². The molecule has 1 atom stereocenters. The van der Waals surface area contributed by atoms with E-state index in [4.69, 9.17) is 0 Å². The van der Waals surface area contributed by atoms with Crippen LogP contribution in [0.25, 0.3) is 10.6 Å². The van der Waals surface area contributed by atoms with Crippen molar-refractivity contribution in [2.45, 2.75) is 25.8 Å². The lowest BCUT2D eigenvalue weighted by Gasteiger charge is -2.39. The maximum absolute atomic E-state index is 4.04. The average molecular weight is 375 g/mol. The molecule has 2 aliphatic heterocycles. The van der Waals surface area contributed by atoms with Crippen LogP contribution in [-0.2, 0) is 6.54 Å². The van der Waals surface area contributed by atoms with Crippen molar-refractivity contribution in [1.29, 1.82) is 0 Å². The Morgan fingerprint density at radius 1 is 1.22 bits per heavy atom. The van der Waals surface area contributed by atoms with Gasteiger partial charge in [0.1, 0.15) is 0 Å². The molecule has 128 valence electrons. The molecule has 0 aliphatic carbocycles. The van der Waals surface area contributed by atoms with Crippen LogP contribution in [0, 0.1) is 5.41 Å². The van der Waals surface area contributed by atoms with Crippen LogP contribution in [0.2, 0.25) is 0 Å². The van der Waals surface area contributed by atoms with E-state index in [1.54, 1.807) is 0 Å². The van der Waals surface area contributed by atoms with Crippen LogP contribution in [0.15, 0.2) is 24.4 Å². The van der Waals surface area contributed by atoms with Gasteiger partial charge in [-0.15, -0.1) is 36.2 Å². The second-order valence-corrected chi connectivity index (χ2v) is 7.65. The van der Waals surface area contributed by atoms with E-state index in [-0.39, 0.29) is 24.8 Å². The number of halogens is 2. The largest absolute Gasteiger partial charge is 0.316 e. The molecule has 2 aromatic rings. The first kappa shape index (κ1) is 18.7. The van der Waals surface area contributed by atoms with E-state index in [0.717, 1.165) is 12.2 Å². The number of aromatic amines is 1. The number of rotatable bonds is 3. The minimum atomic E-state index is 0. The molecule has 7 heteroatoms. The molecule has 4 nitrogen and oxygen atoms in total. The van der Waals surface area contributed by atoms with Gasteiger partial charge in [0.05, 0.1) is 10.6 Å². The predicted molar refractivity (Wildman–Crippen MR) is 101 cm³/mol. The summed E-state index contributed by atoms with van der Waals surface area (Å²) in [5, 5.41) is 10.6. The van der Waals surface area contributed by atoms with E-state index < -0.39 is 0 Å². The monoisotopic (exact) mass is 374 g/mol. The van der Waals surface area contributed by atoms with Crippen molar-refractivity contribution < 1.29 is 0 Å². The molecule has 1 unspecified atom stereocenters. The van der Waals surface area contributed by atoms with Gasteiger partial charge in [-0.05, 0) is 56.0 Å². The summed E-state index contributed by atoms with van der Waals surface area (Å²) >= 11 is 1.89. The molecule has 0 bridgehead atoms. The summed E-state index contributed by atoms with van der Waals surface area (Å²) in [4.78, 5) is 5.40. The van der Waals surface area contributed by atoms with E-state index in [9.17, 15) is 0 Å². The van der Waals surface area contributed by atoms with Gasteiger partial charge < -0.3 is 5.32 Å². The van der Waals surface area contributed by atoms with Gasteiger partial charge in [0.2, 0.25) is 0 Å². The van der Waals surface area contributed by atoms with Gasteiger partial charge >= 0.3 is 0 Å². The molecular weight excluding hydrogens is 351 g/mol. The van der Waals surface area contributed by atoms with Gasteiger partial charge in [-0.25, -0.2) is 0 Å². The first-order valence-corrected chi connectivity index (χ1v) is 8.66. The fourth-order valence-electron chi connectivity index (χ4n) is 3.81. The Balaban J connectivity index is 0.000000960. The van der Waals surface area contributed by atoms with Crippen LogP contribution >= 0.6 is 36.2 Å². The van der Waals surface area contributed by atoms with Gasteiger partial charge in [-0.2, -0.15) is 5.10 Å². The van der Waals surface area contributed by atoms with Crippen LogP contribution in [0.4, 0.5) is 0 Å². The summed E-state index contributed by atoms with van der Waals surface area (Å²) in [7, 11) is 0. The van der Waals surface area contributed by atoms with Gasteiger partial charge in [0.15, 0.2) is 0 Å². The smallest absolute Gasteiger partial charge is 0.0749 e. The van der Waals surface area contributed by atoms with Gasteiger partial charge in [-0.1, -0.05) is 0 Å². The number of hydrogen-bond acceptors (Lipinski definition) is 4. The SMILES string of the molecule is Cl.Cl.c1cc(-c2ccc(CN3CCCC4(CCNC4)C3)s2)[nH]n1. The van der Waals surface area contributed by atoms with Gasteiger partial charge in [-0.3, -0.25) is 10.00 Å². The molecule has 23 heavy (non-hydrogen) atoms. The molecule has 2 N–H and O–H groups in total. The number of piperidine rings is 1. The number of hydrogen-bond donors (Lipinski definition) is 2. The van der Waals surface area contributed by atoms with E-state index in [1.807, 2.05) is 23.6 Å². The first-order valence-electron chi connectivity index (χ1n) is 7.85. The van der Waals surface area contributed by atoms with E-state index >= 15 is 0 Å². The Labute approximate surface area is 153 Å². The molecule has 4 rings (SSSR count). The normalized spacial score (nSPS) is 24.3. The molecule has 4 heterocycles. The standard InChI is InChI=1S/C16H22N4S.2ClH/c1-5-16(6-8-17-11-16)12-20(9-1)10-13-2-3-15(21-13)14-4-7-18-19-14;;/h2-4,7,17H,1,5-6,8-12H2,(H,18,19);2*1H. The molecule has 0 radical (unpaired) electrons. The molecule has 2 aromatic heterocycles. The number of H-pyrrole nitrogens is 1. The summed E-state index contributed by atoms with van der Waals surface area (Å²) in [6.45, 7) is 6.03. The van der Waals surface area contributed by atoms with Crippen molar-refractivity contribution >= 4 is 36.2 Å². The molecule has 2 aliphatic rings. The third kappa shape index (κ3) is 4.09. The van der Waals surface area contributed by atoms with E-state index in [0.29, 0.717) is 5.41 Å². The third-order valence-corrected chi connectivity index (χ3v) is 5.98. The molecular formula is C16H24Cl2N4S. The highest BCUT2D eigenvalue weighted by molar-refractivity contribution is 7.15. The van der Waals surface area contributed by atoms with Crippen molar-refractivity contribution in [2.24, 2.45) is 5.41 Å². The van der Waals surface area contributed by atoms with Gasteiger partial charge in [0, 0.05) is 30.7 Å². The third-order valence-electron chi connectivity index (χ3n) is 4.88. The highest BCUT2D eigenvalue weighted by Crippen LogP contribution is 2.36. The fourth-order valence-corrected chi connectivity index (χ4v) is 4.84. The zero-order valence-electron chi connectivity index (χ0n) is 13.1.